The van der Waals surface area contributed by atoms with E-state index >= 15 is 0 Å². The zero-order chi connectivity index (χ0) is 17.6. The minimum atomic E-state index is -2.66. The first kappa shape index (κ1) is 17.8. The molecule has 0 unspecified atom stereocenters. The molecule has 2 aliphatic carbocycles. The lowest BCUT2D eigenvalue weighted by Crippen LogP contribution is -2.43. The minimum Gasteiger partial charge on any atom is -0.352 e. The largest absolute Gasteiger partial charge is 0.352 e. The smallest absolute Gasteiger partial charge is 0.283 e. The number of fused-ring (bicyclic) bond motifs is 2. The molecule has 0 radical (unpaired) electrons. The molecule has 134 valence electrons. The van der Waals surface area contributed by atoms with Gasteiger partial charge in [-0.1, -0.05) is 6.42 Å². The Morgan fingerprint density at radius 1 is 1.33 bits per heavy atom. The Balaban J connectivity index is 1.68. The van der Waals surface area contributed by atoms with Gasteiger partial charge in [-0.15, -0.1) is 0 Å². The van der Waals surface area contributed by atoms with Crippen molar-refractivity contribution in [1.82, 2.24) is 15.1 Å². The van der Waals surface area contributed by atoms with Crippen LogP contribution in [0.25, 0.3) is 0 Å². The van der Waals surface area contributed by atoms with Gasteiger partial charge in [0.1, 0.15) is 11.7 Å². The number of carbonyl (C=O) groups is 1. The summed E-state index contributed by atoms with van der Waals surface area (Å²) in [5.41, 5.74) is 0.230. The van der Waals surface area contributed by atoms with E-state index in [1.807, 2.05) is 0 Å². The summed E-state index contributed by atoms with van der Waals surface area (Å²) in [6.45, 7) is 5.45. The Morgan fingerprint density at radius 2 is 2.04 bits per heavy atom. The van der Waals surface area contributed by atoms with E-state index < -0.39 is 12.5 Å². The van der Waals surface area contributed by atoms with Gasteiger partial charge in [0.2, 0.25) is 5.91 Å². The highest BCUT2D eigenvalue weighted by atomic mass is 79.9. The van der Waals surface area contributed by atoms with E-state index in [9.17, 15) is 13.6 Å². The SMILES string of the molecule is Cc1c(Br)c(C(F)F)nn1[C@H](C)C(=O)N[C@H](C)[C@@H]1C[C@H]2CC[C@H]1C2. The van der Waals surface area contributed by atoms with E-state index in [0.717, 1.165) is 11.8 Å². The highest BCUT2D eigenvalue weighted by Crippen LogP contribution is 2.49. The number of alkyl halides is 2. The van der Waals surface area contributed by atoms with Crippen molar-refractivity contribution in [1.29, 1.82) is 0 Å². The van der Waals surface area contributed by atoms with Gasteiger partial charge in [0.25, 0.3) is 6.43 Å². The van der Waals surface area contributed by atoms with Crippen LogP contribution in [0.4, 0.5) is 8.78 Å². The second-order valence-electron chi connectivity index (χ2n) is 7.34. The van der Waals surface area contributed by atoms with Crippen LogP contribution in [0.1, 0.15) is 63.4 Å². The van der Waals surface area contributed by atoms with E-state index in [-0.39, 0.29) is 22.1 Å². The van der Waals surface area contributed by atoms with E-state index in [4.69, 9.17) is 0 Å². The summed E-state index contributed by atoms with van der Waals surface area (Å²) in [5, 5.41) is 7.02. The quantitative estimate of drug-likeness (QED) is 0.791. The summed E-state index contributed by atoms with van der Waals surface area (Å²) in [6.07, 6.45) is 2.43. The number of halogens is 3. The maximum atomic E-state index is 13.0. The lowest BCUT2D eigenvalue weighted by atomic mass is 9.84. The third-order valence-electron chi connectivity index (χ3n) is 5.86. The molecule has 1 heterocycles. The Kier molecular flexibility index (Phi) is 5.00. The zero-order valence-corrected chi connectivity index (χ0v) is 15.8. The standard InChI is InChI=1S/C17H24BrF2N3O/c1-8(13-7-11-4-5-12(13)6-11)21-17(24)10(3)23-9(2)14(18)15(22-23)16(19)20/h8,10-13,16H,4-7H2,1-3H3,(H,21,24)/t8-,10-,11+,12+,13+/m1/s1. The van der Waals surface area contributed by atoms with Crippen LogP contribution < -0.4 is 5.32 Å². The lowest BCUT2D eigenvalue weighted by Gasteiger charge is -2.29. The summed E-state index contributed by atoms with van der Waals surface area (Å²) in [4.78, 5) is 12.6. The fourth-order valence-corrected chi connectivity index (χ4v) is 4.94. The van der Waals surface area contributed by atoms with E-state index in [0.29, 0.717) is 11.6 Å². The van der Waals surface area contributed by atoms with Gasteiger partial charge >= 0.3 is 0 Å². The van der Waals surface area contributed by atoms with Crippen LogP contribution >= 0.6 is 15.9 Å². The molecule has 5 atom stereocenters. The molecule has 2 bridgehead atoms. The Bertz CT molecular complexity index is 634. The number of hydrogen-bond donors (Lipinski definition) is 1. The summed E-state index contributed by atoms with van der Waals surface area (Å²) >= 11 is 3.15. The third kappa shape index (κ3) is 3.11. The Hall–Kier alpha value is -0.980. The minimum absolute atomic E-state index is 0.115. The van der Waals surface area contributed by atoms with Crippen LogP contribution in [0.5, 0.6) is 0 Å². The van der Waals surface area contributed by atoms with E-state index in [1.165, 1.54) is 30.4 Å². The number of nitrogens with one attached hydrogen (secondary N) is 1. The van der Waals surface area contributed by atoms with Crippen molar-refractivity contribution >= 4 is 21.8 Å². The highest BCUT2D eigenvalue weighted by molar-refractivity contribution is 9.10. The molecule has 0 spiro atoms. The second-order valence-corrected chi connectivity index (χ2v) is 8.13. The van der Waals surface area contributed by atoms with Crippen molar-refractivity contribution in [3.8, 4) is 0 Å². The molecular weight excluding hydrogens is 380 g/mol. The van der Waals surface area contributed by atoms with Crippen molar-refractivity contribution in [2.75, 3.05) is 0 Å². The first-order valence-corrected chi connectivity index (χ1v) is 9.41. The summed E-state index contributed by atoms with van der Waals surface area (Å²) in [7, 11) is 0. The fraction of sp³-hybridized carbons (Fsp3) is 0.765. The van der Waals surface area contributed by atoms with E-state index in [1.54, 1.807) is 13.8 Å². The predicted molar refractivity (Wildman–Crippen MR) is 90.9 cm³/mol. The number of hydrogen-bond acceptors (Lipinski definition) is 2. The van der Waals surface area contributed by atoms with Gasteiger partial charge in [-0.2, -0.15) is 5.10 Å². The topological polar surface area (TPSA) is 46.9 Å². The van der Waals surface area contributed by atoms with Crippen LogP contribution in [0.2, 0.25) is 0 Å². The lowest BCUT2D eigenvalue weighted by molar-refractivity contribution is -0.125. The molecule has 1 aromatic heterocycles. The Morgan fingerprint density at radius 3 is 2.54 bits per heavy atom. The van der Waals surface area contributed by atoms with Crippen LogP contribution in [-0.2, 0) is 4.79 Å². The number of rotatable bonds is 5. The van der Waals surface area contributed by atoms with Crippen LogP contribution in [0, 0.1) is 24.7 Å². The summed E-state index contributed by atoms with van der Waals surface area (Å²) < 4.78 is 27.6. The third-order valence-corrected chi connectivity index (χ3v) is 6.84. The van der Waals surface area contributed by atoms with Gasteiger partial charge in [0.05, 0.1) is 10.2 Å². The van der Waals surface area contributed by atoms with Crippen LogP contribution in [-0.4, -0.2) is 21.7 Å². The van der Waals surface area contributed by atoms with Crippen molar-refractivity contribution in [3.05, 3.63) is 15.9 Å². The molecular formula is C17H24BrF2N3O. The van der Waals surface area contributed by atoms with Crippen molar-refractivity contribution < 1.29 is 13.6 Å². The van der Waals surface area contributed by atoms with E-state index in [2.05, 4.69) is 33.3 Å². The van der Waals surface area contributed by atoms with Gasteiger partial charge in [0.15, 0.2) is 0 Å². The first-order chi connectivity index (χ1) is 11.3. The first-order valence-electron chi connectivity index (χ1n) is 8.62. The molecule has 2 aliphatic rings. The maximum absolute atomic E-state index is 13.0. The molecule has 7 heteroatoms. The molecule has 1 amide bonds. The summed E-state index contributed by atoms with van der Waals surface area (Å²) in [5.74, 6) is 1.94. The van der Waals surface area contributed by atoms with Crippen LogP contribution in [0.3, 0.4) is 0 Å². The molecule has 0 aromatic carbocycles. The van der Waals surface area contributed by atoms with Gasteiger partial charge < -0.3 is 5.32 Å². The molecule has 2 saturated carbocycles. The monoisotopic (exact) mass is 403 g/mol. The molecule has 4 nitrogen and oxygen atoms in total. The molecule has 1 N–H and O–H groups in total. The normalized spacial score (nSPS) is 28.4. The average molecular weight is 404 g/mol. The number of carbonyl (C=O) groups excluding carboxylic acids is 1. The van der Waals surface area contributed by atoms with Gasteiger partial charge in [-0.05, 0) is 73.7 Å². The van der Waals surface area contributed by atoms with Crippen molar-refractivity contribution in [2.24, 2.45) is 17.8 Å². The highest BCUT2D eigenvalue weighted by Gasteiger charge is 2.42. The number of aromatic nitrogens is 2. The van der Waals surface area contributed by atoms with Crippen LogP contribution in [0.15, 0.2) is 4.47 Å². The molecule has 0 saturated heterocycles. The molecule has 2 fully saturated rings. The van der Waals surface area contributed by atoms with Crippen molar-refractivity contribution in [3.63, 3.8) is 0 Å². The average Bonchev–Trinajstić information content (AvgIpc) is 3.22. The molecule has 24 heavy (non-hydrogen) atoms. The fourth-order valence-electron chi connectivity index (χ4n) is 4.51. The van der Waals surface area contributed by atoms with Gasteiger partial charge in [-0.3, -0.25) is 9.48 Å². The maximum Gasteiger partial charge on any atom is 0.283 e. The zero-order valence-electron chi connectivity index (χ0n) is 14.2. The second kappa shape index (κ2) is 6.73. The number of nitrogens with zero attached hydrogens (tertiary/aromatic N) is 2. The molecule has 1 aromatic rings. The van der Waals surface area contributed by atoms with Gasteiger partial charge in [-0.25, -0.2) is 8.78 Å². The Labute approximate surface area is 149 Å². The van der Waals surface area contributed by atoms with Crippen molar-refractivity contribution in [2.45, 2.75) is 65.0 Å². The number of amides is 1. The molecule has 0 aliphatic heterocycles. The predicted octanol–water partition coefficient (Wildman–Crippen LogP) is 4.39. The molecule has 3 rings (SSSR count). The van der Waals surface area contributed by atoms with Gasteiger partial charge in [0, 0.05) is 6.04 Å². The summed E-state index contributed by atoms with van der Waals surface area (Å²) in [6, 6.07) is -0.501.